The van der Waals surface area contributed by atoms with Crippen LogP contribution in [0.4, 0.5) is 21.1 Å². The number of carbonyl (C=O) groups is 2. The quantitative estimate of drug-likeness (QED) is 0.582. The van der Waals surface area contributed by atoms with Crippen LogP contribution in [0.5, 0.6) is 0 Å². The first-order chi connectivity index (χ1) is 14.8. The molecule has 3 N–H and O–H groups in total. The third kappa shape index (κ3) is 3.71. The fourth-order valence-corrected chi connectivity index (χ4v) is 4.44. The van der Waals surface area contributed by atoms with E-state index in [1.54, 1.807) is 12.3 Å². The highest BCUT2D eigenvalue weighted by Crippen LogP contribution is 2.47. The van der Waals surface area contributed by atoms with E-state index < -0.39 is 26.5 Å². The normalized spacial score (nSPS) is 22.4. The van der Waals surface area contributed by atoms with E-state index in [2.05, 4.69) is 9.51 Å². The van der Waals surface area contributed by atoms with Gasteiger partial charge in [-0.15, -0.1) is 4.52 Å². The molecule has 12 heteroatoms. The number of ether oxygens (including phenoxy) is 2. The lowest BCUT2D eigenvalue weighted by atomic mass is 10.0. The summed E-state index contributed by atoms with van der Waals surface area (Å²) in [5.74, 6) is 0.522. The van der Waals surface area contributed by atoms with E-state index in [0.717, 1.165) is 16.7 Å². The number of hydrogen-bond donors (Lipinski definition) is 3. The van der Waals surface area contributed by atoms with Crippen LogP contribution in [-0.2, 0) is 20.4 Å². The van der Waals surface area contributed by atoms with Gasteiger partial charge in [-0.3, -0.25) is 9.80 Å². The summed E-state index contributed by atoms with van der Waals surface area (Å²) in [5, 5.41) is 0. The molecular formula is C19H19N3O8P+. The van der Waals surface area contributed by atoms with E-state index >= 15 is 0 Å². The number of carbonyl (C=O) groups excluding carboxylic acids is 2. The fourth-order valence-electron chi connectivity index (χ4n) is 4.09. The number of nitrogens with zero attached hydrogens (tertiary/aromatic N) is 3. The third-order valence-corrected chi connectivity index (χ3v) is 6.00. The molecule has 0 radical (unpaired) electrons. The van der Waals surface area contributed by atoms with Crippen molar-refractivity contribution in [1.82, 2.24) is 4.98 Å². The van der Waals surface area contributed by atoms with Crippen LogP contribution in [0.15, 0.2) is 36.5 Å². The average molecular weight is 448 g/mol. The van der Waals surface area contributed by atoms with Gasteiger partial charge in [-0.25, -0.2) is 14.6 Å². The average Bonchev–Trinajstić information content (AvgIpc) is 3.40. The van der Waals surface area contributed by atoms with Gasteiger partial charge < -0.3 is 9.47 Å². The molecule has 3 aliphatic heterocycles. The molecule has 3 aliphatic rings. The Morgan fingerprint density at radius 1 is 1.13 bits per heavy atom. The second-order valence-electron chi connectivity index (χ2n) is 7.39. The van der Waals surface area contributed by atoms with Crippen LogP contribution in [0.2, 0.25) is 0 Å². The fraction of sp³-hybridized carbons (Fsp3) is 0.316. The summed E-state index contributed by atoms with van der Waals surface area (Å²) in [7, 11) is -4.41. The van der Waals surface area contributed by atoms with Gasteiger partial charge in [0.25, 0.3) is 0 Å². The Kier molecular flexibility index (Phi) is 4.80. The molecule has 31 heavy (non-hydrogen) atoms. The molecule has 0 spiro atoms. The maximum Gasteiger partial charge on any atom is 0.567 e. The lowest BCUT2D eigenvalue weighted by Crippen LogP contribution is -2.35. The molecule has 4 heterocycles. The number of rotatable bonds is 5. The largest absolute Gasteiger partial charge is 0.567 e. The van der Waals surface area contributed by atoms with Crippen molar-refractivity contribution in [2.75, 3.05) is 29.6 Å². The van der Waals surface area contributed by atoms with Crippen molar-refractivity contribution in [1.29, 1.82) is 0 Å². The first-order valence-corrected chi connectivity index (χ1v) is 11.1. The molecule has 1 aromatic carbocycles. The van der Waals surface area contributed by atoms with Crippen LogP contribution in [0, 0.1) is 0 Å². The Morgan fingerprint density at radius 2 is 1.94 bits per heavy atom. The molecule has 2 atom stereocenters. The molecule has 0 saturated carbocycles. The molecule has 11 nitrogen and oxygen atoms in total. The predicted octanol–water partition coefficient (Wildman–Crippen LogP) is 1.63. The highest BCUT2D eigenvalue weighted by atomic mass is 31.2. The minimum Gasteiger partial charge on any atom is -0.447 e. The first kappa shape index (κ1) is 20.1. The van der Waals surface area contributed by atoms with E-state index in [4.69, 9.17) is 24.2 Å². The summed E-state index contributed by atoms with van der Waals surface area (Å²) < 4.78 is 14.8. The van der Waals surface area contributed by atoms with Crippen molar-refractivity contribution in [3.8, 4) is 11.1 Å². The van der Waals surface area contributed by atoms with Crippen molar-refractivity contribution >= 4 is 31.9 Å². The van der Waals surface area contributed by atoms with Gasteiger partial charge in [0.05, 0.1) is 18.3 Å². The van der Waals surface area contributed by atoms with E-state index in [9.17, 15) is 9.59 Å². The van der Waals surface area contributed by atoms with Gasteiger partial charge in [-0.1, -0.05) is 6.07 Å². The summed E-state index contributed by atoms with van der Waals surface area (Å²) in [4.78, 5) is 58.4. The molecule has 5 rings (SSSR count). The number of amides is 2. The van der Waals surface area contributed by atoms with Gasteiger partial charge in [-0.2, -0.15) is 14.7 Å². The van der Waals surface area contributed by atoms with Gasteiger partial charge in [0.1, 0.15) is 19.0 Å². The zero-order valence-electron chi connectivity index (χ0n) is 16.1. The Hall–Kier alpha value is -2.82. The first-order valence-electron chi connectivity index (χ1n) is 9.55. The lowest BCUT2D eigenvalue weighted by Gasteiger charge is -2.15. The second-order valence-corrected chi connectivity index (χ2v) is 8.67. The molecule has 0 bridgehead atoms. The molecule has 1 aromatic heterocycles. The lowest BCUT2D eigenvalue weighted by molar-refractivity contribution is 0.0659. The van der Waals surface area contributed by atoms with Gasteiger partial charge in [0, 0.05) is 11.8 Å². The van der Waals surface area contributed by atoms with Crippen LogP contribution in [0.3, 0.4) is 0 Å². The van der Waals surface area contributed by atoms with E-state index in [-0.39, 0.29) is 12.6 Å². The van der Waals surface area contributed by atoms with E-state index in [1.807, 2.05) is 24.3 Å². The number of hydrogen-bond acceptors (Lipinski definition) is 9. The molecule has 0 aliphatic carbocycles. The monoisotopic (exact) mass is 448 g/mol. The molecule has 2 saturated heterocycles. The van der Waals surface area contributed by atoms with Crippen LogP contribution in [0.1, 0.15) is 5.56 Å². The molecule has 0 unspecified atom stereocenters. The molecule has 2 aromatic rings. The summed E-state index contributed by atoms with van der Waals surface area (Å²) in [6, 6.07) is 8.90. The van der Waals surface area contributed by atoms with Crippen LogP contribution < -0.4 is 9.80 Å². The van der Waals surface area contributed by atoms with Gasteiger partial charge >= 0.3 is 20.4 Å². The molecular weight excluding hydrogens is 429 g/mol. The van der Waals surface area contributed by atoms with Crippen LogP contribution in [-0.4, -0.2) is 63.8 Å². The SMILES string of the molecule is O=C1OCCN1c1ccc(-c2ccc3c(c2)C[C@H]2[C@H](CO[P+](O)(O)O)OC(=O)N32)cn1. The summed E-state index contributed by atoms with van der Waals surface area (Å²) in [5.41, 5.74) is 3.39. The smallest absolute Gasteiger partial charge is 0.447 e. The number of pyridine rings is 1. The van der Waals surface area contributed by atoms with Crippen molar-refractivity contribution in [3.63, 3.8) is 0 Å². The number of cyclic esters (lactones) is 2. The Labute approximate surface area is 177 Å². The van der Waals surface area contributed by atoms with Gasteiger partial charge in [0.2, 0.25) is 0 Å². The molecule has 2 fully saturated rings. The minimum absolute atomic E-state index is 0.324. The minimum atomic E-state index is -4.41. The van der Waals surface area contributed by atoms with Crippen molar-refractivity contribution in [2.24, 2.45) is 0 Å². The highest BCUT2D eigenvalue weighted by Gasteiger charge is 2.49. The van der Waals surface area contributed by atoms with Crippen LogP contribution in [0.25, 0.3) is 11.1 Å². The van der Waals surface area contributed by atoms with Crippen molar-refractivity contribution < 1.29 is 38.3 Å². The van der Waals surface area contributed by atoms with E-state index in [0.29, 0.717) is 31.1 Å². The number of aromatic nitrogens is 1. The standard InChI is InChI=1S/C19H19N3O8P/c23-18-21(5-6-28-18)17-4-2-12(9-20-17)11-1-3-14-13(7-11)8-15-16(10-29-31(25,26)27)30-19(24)22(14)15/h1-4,7,9,15-16,25-27H,5-6,8,10H2/q+1/t15-,16-/m0/s1. The van der Waals surface area contributed by atoms with Crippen molar-refractivity contribution in [2.45, 2.75) is 18.6 Å². The third-order valence-electron chi connectivity index (χ3n) is 5.51. The summed E-state index contributed by atoms with van der Waals surface area (Å²) >= 11 is 0. The topological polar surface area (TPSA) is 142 Å². The number of benzene rings is 1. The van der Waals surface area contributed by atoms with Crippen LogP contribution >= 0.6 is 8.17 Å². The number of anilines is 2. The Balaban J connectivity index is 1.35. The molecule has 162 valence electrons. The van der Waals surface area contributed by atoms with Gasteiger partial charge in [0.15, 0.2) is 6.10 Å². The van der Waals surface area contributed by atoms with Crippen molar-refractivity contribution in [3.05, 3.63) is 42.1 Å². The summed E-state index contributed by atoms with van der Waals surface area (Å²) in [6.07, 6.45) is 0.465. The Morgan fingerprint density at radius 3 is 2.61 bits per heavy atom. The van der Waals surface area contributed by atoms with E-state index in [1.165, 1.54) is 9.80 Å². The van der Waals surface area contributed by atoms with Gasteiger partial charge in [-0.05, 0) is 41.8 Å². The number of fused-ring (bicyclic) bond motifs is 3. The zero-order chi connectivity index (χ0) is 21.8. The Bertz CT molecular complexity index is 1040. The second kappa shape index (κ2) is 7.40. The maximum atomic E-state index is 12.3. The maximum absolute atomic E-state index is 12.3. The predicted molar refractivity (Wildman–Crippen MR) is 108 cm³/mol. The molecule has 2 amide bonds. The summed E-state index contributed by atoms with van der Waals surface area (Å²) in [6.45, 7) is 0.487. The highest BCUT2D eigenvalue weighted by molar-refractivity contribution is 7.53. The zero-order valence-corrected chi connectivity index (χ0v) is 17.0.